The van der Waals surface area contributed by atoms with Gasteiger partial charge < -0.3 is 10.6 Å². The molecule has 0 aliphatic carbocycles. The Morgan fingerprint density at radius 1 is 1.29 bits per heavy atom. The van der Waals surface area contributed by atoms with Gasteiger partial charge >= 0.3 is 0 Å². The molecule has 0 aliphatic rings. The highest BCUT2D eigenvalue weighted by atomic mass is 16.1. The molecule has 0 fully saturated rings. The van der Waals surface area contributed by atoms with E-state index in [1.165, 1.54) is 0 Å². The molecular formula is C11H26N2O. The van der Waals surface area contributed by atoms with Crippen LogP contribution >= 0.6 is 0 Å². The molecule has 0 saturated carbocycles. The van der Waals surface area contributed by atoms with E-state index in [1.807, 2.05) is 14.0 Å². The molecule has 0 bridgehead atoms. The summed E-state index contributed by atoms with van der Waals surface area (Å²) in [4.78, 5) is 10.6. The summed E-state index contributed by atoms with van der Waals surface area (Å²) in [5.41, 5.74) is 0. The summed E-state index contributed by atoms with van der Waals surface area (Å²) < 4.78 is 0. The van der Waals surface area contributed by atoms with Crippen LogP contribution in [0.25, 0.3) is 0 Å². The zero-order valence-corrected chi connectivity index (χ0v) is 10.3. The molecular weight excluding hydrogens is 176 g/mol. The lowest BCUT2D eigenvalue weighted by molar-refractivity contribution is -0.120. The highest BCUT2D eigenvalue weighted by molar-refractivity contribution is 5.75. The van der Waals surface area contributed by atoms with Crippen LogP contribution in [-0.4, -0.2) is 25.5 Å². The Labute approximate surface area is 88.7 Å². The standard InChI is InChI=1S/C7H15NO.C4H11N/c1-3-5-6-8-7(9)4-2;1-4(2)5-3/h3-6H2,1-2H3,(H,8,9);4-5H,1-3H3. The van der Waals surface area contributed by atoms with E-state index in [0.29, 0.717) is 12.5 Å². The zero-order valence-electron chi connectivity index (χ0n) is 10.3. The van der Waals surface area contributed by atoms with Crippen LogP contribution in [0.3, 0.4) is 0 Å². The monoisotopic (exact) mass is 202 g/mol. The van der Waals surface area contributed by atoms with Crippen molar-refractivity contribution in [3.63, 3.8) is 0 Å². The summed E-state index contributed by atoms with van der Waals surface area (Å²) in [5, 5.41) is 5.82. The molecule has 1 amide bonds. The lowest BCUT2D eigenvalue weighted by atomic mass is 10.3. The predicted octanol–water partition coefficient (Wildman–Crippen LogP) is 1.93. The maximum Gasteiger partial charge on any atom is 0.219 e. The largest absolute Gasteiger partial charge is 0.356 e. The molecule has 0 atom stereocenters. The molecule has 3 nitrogen and oxygen atoms in total. The molecule has 0 saturated heterocycles. The number of carbonyl (C=O) groups excluding carboxylic acids is 1. The molecule has 0 rings (SSSR count). The predicted molar refractivity (Wildman–Crippen MR) is 62.4 cm³/mol. The second-order valence-corrected chi connectivity index (χ2v) is 3.50. The van der Waals surface area contributed by atoms with E-state index in [0.717, 1.165) is 19.4 Å². The average molecular weight is 202 g/mol. The van der Waals surface area contributed by atoms with Crippen LogP contribution in [0.5, 0.6) is 0 Å². The van der Waals surface area contributed by atoms with Gasteiger partial charge in [-0.15, -0.1) is 0 Å². The molecule has 2 N–H and O–H groups in total. The van der Waals surface area contributed by atoms with Gasteiger partial charge in [-0.25, -0.2) is 0 Å². The van der Waals surface area contributed by atoms with Crippen molar-refractivity contribution in [3.05, 3.63) is 0 Å². The molecule has 0 aromatic heterocycles. The van der Waals surface area contributed by atoms with Gasteiger partial charge in [-0.05, 0) is 13.5 Å². The van der Waals surface area contributed by atoms with Crippen molar-refractivity contribution in [1.29, 1.82) is 0 Å². The Kier molecular flexibility index (Phi) is 14.1. The Morgan fingerprint density at radius 2 is 1.79 bits per heavy atom. The van der Waals surface area contributed by atoms with Gasteiger partial charge in [-0.3, -0.25) is 4.79 Å². The van der Waals surface area contributed by atoms with Crippen molar-refractivity contribution >= 4 is 5.91 Å². The number of hydrogen-bond donors (Lipinski definition) is 2. The molecule has 0 heterocycles. The lowest BCUT2D eigenvalue weighted by Gasteiger charge is -1.99. The van der Waals surface area contributed by atoms with E-state index in [4.69, 9.17) is 0 Å². The molecule has 3 heteroatoms. The van der Waals surface area contributed by atoms with Gasteiger partial charge in [0.1, 0.15) is 0 Å². The van der Waals surface area contributed by atoms with Crippen molar-refractivity contribution in [2.45, 2.75) is 53.0 Å². The molecule has 86 valence electrons. The Bertz CT molecular complexity index is 124. The highest BCUT2D eigenvalue weighted by Gasteiger charge is 1.92. The number of carbonyl (C=O) groups is 1. The SMILES string of the molecule is CCCCNC(=O)CC.CNC(C)C. The van der Waals surface area contributed by atoms with E-state index in [1.54, 1.807) is 0 Å². The fraction of sp³-hybridized carbons (Fsp3) is 0.909. The second-order valence-electron chi connectivity index (χ2n) is 3.50. The highest BCUT2D eigenvalue weighted by Crippen LogP contribution is 1.83. The van der Waals surface area contributed by atoms with Crippen LogP contribution in [0.15, 0.2) is 0 Å². The summed E-state index contributed by atoms with van der Waals surface area (Å²) >= 11 is 0. The first-order chi connectivity index (χ1) is 6.58. The van der Waals surface area contributed by atoms with Crippen molar-refractivity contribution < 1.29 is 4.79 Å². The van der Waals surface area contributed by atoms with Crippen molar-refractivity contribution in [3.8, 4) is 0 Å². The maximum absolute atomic E-state index is 10.6. The number of nitrogens with one attached hydrogen (secondary N) is 2. The molecule has 0 unspecified atom stereocenters. The van der Waals surface area contributed by atoms with Crippen LogP contribution in [0.4, 0.5) is 0 Å². The van der Waals surface area contributed by atoms with Crippen LogP contribution in [0, 0.1) is 0 Å². The van der Waals surface area contributed by atoms with E-state index < -0.39 is 0 Å². The van der Waals surface area contributed by atoms with Crippen molar-refractivity contribution in [2.24, 2.45) is 0 Å². The minimum atomic E-state index is 0.156. The average Bonchev–Trinajstić information content (AvgIpc) is 2.19. The topological polar surface area (TPSA) is 41.1 Å². The van der Waals surface area contributed by atoms with Crippen LogP contribution in [0.1, 0.15) is 47.0 Å². The smallest absolute Gasteiger partial charge is 0.219 e. The minimum Gasteiger partial charge on any atom is -0.356 e. The summed E-state index contributed by atoms with van der Waals surface area (Å²) in [6.07, 6.45) is 2.83. The summed E-state index contributed by atoms with van der Waals surface area (Å²) in [6.45, 7) is 9.03. The second kappa shape index (κ2) is 12.4. The quantitative estimate of drug-likeness (QED) is 0.669. The van der Waals surface area contributed by atoms with Crippen LogP contribution in [0.2, 0.25) is 0 Å². The first-order valence-electron chi connectivity index (χ1n) is 5.52. The zero-order chi connectivity index (χ0) is 11.4. The third kappa shape index (κ3) is 17.5. The number of amides is 1. The molecule has 0 spiro atoms. The number of unbranched alkanes of at least 4 members (excludes halogenated alkanes) is 1. The normalized spacial score (nSPS) is 9.29. The molecule has 0 aliphatic heterocycles. The van der Waals surface area contributed by atoms with Crippen LogP contribution < -0.4 is 10.6 Å². The Hall–Kier alpha value is -0.570. The summed E-state index contributed by atoms with van der Waals surface area (Å²) in [5.74, 6) is 0.156. The van der Waals surface area contributed by atoms with Gasteiger partial charge in [0.2, 0.25) is 5.91 Å². The van der Waals surface area contributed by atoms with Gasteiger partial charge in [0.15, 0.2) is 0 Å². The summed E-state index contributed by atoms with van der Waals surface area (Å²) in [7, 11) is 1.95. The van der Waals surface area contributed by atoms with Crippen molar-refractivity contribution in [1.82, 2.24) is 10.6 Å². The fourth-order valence-electron chi connectivity index (χ4n) is 0.530. The van der Waals surface area contributed by atoms with Gasteiger partial charge in [-0.2, -0.15) is 0 Å². The number of hydrogen-bond acceptors (Lipinski definition) is 2. The van der Waals surface area contributed by atoms with Crippen LogP contribution in [-0.2, 0) is 4.79 Å². The van der Waals surface area contributed by atoms with E-state index in [-0.39, 0.29) is 5.91 Å². The van der Waals surface area contributed by atoms with Gasteiger partial charge in [0.05, 0.1) is 0 Å². The maximum atomic E-state index is 10.6. The molecule has 0 aromatic carbocycles. The number of rotatable bonds is 5. The summed E-state index contributed by atoms with van der Waals surface area (Å²) in [6, 6.07) is 0.634. The van der Waals surface area contributed by atoms with E-state index >= 15 is 0 Å². The van der Waals surface area contributed by atoms with E-state index in [9.17, 15) is 4.79 Å². The van der Waals surface area contributed by atoms with Gasteiger partial charge in [0.25, 0.3) is 0 Å². The first kappa shape index (κ1) is 15.9. The van der Waals surface area contributed by atoms with E-state index in [2.05, 4.69) is 31.4 Å². The lowest BCUT2D eigenvalue weighted by Crippen LogP contribution is -2.22. The molecule has 14 heavy (non-hydrogen) atoms. The fourth-order valence-corrected chi connectivity index (χ4v) is 0.530. The van der Waals surface area contributed by atoms with Gasteiger partial charge in [-0.1, -0.05) is 34.1 Å². The minimum absolute atomic E-state index is 0.156. The Morgan fingerprint density at radius 3 is 2.07 bits per heavy atom. The van der Waals surface area contributed by atoms with Crippen molar-refractivity contribution in [2.75, 3.05) is 13.6 Å². The molecule has 0 radical (unpaired) electrons. The van der Waals surface area contributed by atoms with Gasteiger partial charge in [0, 0.05) is 19.0 Å². The third-order valence-electron chi connectivity index (χ3n) is 1.75. The molecule has 0 aromatic rings. The third-order valence-corrected chi connectivity index (χ3v) is 1.75. The first-order valence-corrected chi connectivity index (χ1v) is 5.52. The Balaban J connectivity index is 0.